The molecule has 0 fully saturated rings. The maximum atomic E-state index is 13.1. The molecule has 0 saturated heterocycles. The van der Waals surface area contributed by atoms with Crippen molar-refractivity contribution in [2.45, 2.75) is 6.92 Å². The van der Waals surface area contributed by atoms with Crippen molar-refractivity contribution in [1.82, 2.24) is 15.4 Å². The van der Waals surface area contributed by atoms with Crippen molar-refractivity contribution in [2.75, 3.05) is 0 Å². The van der Waals surface area contributed by atoms with E-state index >= 15 is 0 Å². The lowest BCUT2D eigenvalue weighted by atomic mass is 10.1. The number of halogens is 1. The summed E-state index contributed by atoms with van der Waals surface area (Å²) in [6, 6.07) is 14.8. The Morgan fingerprint density at radius 3 is 2.42 bits per heavy atom. The number of hydrogen-bond acceptors (Lipinski definition) is 5. The molecule has 0 aliphatic carbocycles. The highest BCUT2D eigenvalue weighted by molar-refractivity contribution is 7.17. The van der Waals surface area contributed by atoms with Crippen LogP contribution in [0.15, 0.2) is 65.3 Å². The van der Waals surface area contributed by atoms with Crippen molar-refractivity contribution in [2.24, 2.45) is 0 Å². The molecule has 0 spiro atoms. The van der Waals surface area contributed by atoms with Crippen LogP contribution < -0.4 is 10.9 Å². The lowest BCUT2D eigenvalue weighted by Crippen LogP contribution is -2.41. The van der Waals surface area contributed by atoms with Crippen LogP contribution in [0.5, 0.6) is 0 Å². The summed E-state index contributed by atoms with van der Waals surface area (Å²) in [4.78, 5) is 26.2. The molecule has 31 heavy (non-hydrogen) atoms. The number of nitrogens with zero attached hydrogens (tertiary/aromatic N) is 2. The zero-order chi connectivity index (χ0) is 22.0. The lowest BCUT2D eigenvalue weighted by Gasteiger charge is -2.06. The molecule has 0 aliphatic heterocycles. The van der Waals surface area contributed by atoms with Gasteiger partial charge in [-0.2, -0.15) is 5.26 Å². The molecule has 154 valence electrons. The van der Waals surface area contributed by atoms with Crippen LogP contribution in [0.2, 0.25) is 0 Å². The van der Waals surface area contributed by atoms with Crippen molar-refractivity contribution >= 4 is 23.2 Å². The first-order chi connectivity index (χ1) is 15.0. The van der Waals surface area contributed by atoms with Gasteiger partial charge in [-0.05, 0) is 48.9 Å². The van der Waals surface area contributed by atoms with Crippen molar-refractivity contribution in [3.63, 3.8) is 0 Å². The first-order valence-corrected chi connectivity index (χ1v) is 9.93. The van der Waals surface area contributed by atoms with Gasteiger partial charge in [0, 0.05) is 17.3 Å². The lowest BCUT2D eigenvalue weighted by molar-refractivity contribution is 0.0847. The van der Waals surface area contributed by atoms with E-state index in [0.717, 1.165) is 10.4 Å². The number of benzene rings is 1. The number of rotatable bonds is 4. The van der Waals surface area contributed by atoms with E-state index in [2.05, 4.69) is 10.9 Å². The molecule has 0 radical (unpaired) electrons. The maximum absolute atomic E-state index is 13.1. The third-order valence-corrected chi connectivity index (χ3v) is 5.62. The van der Waals surface area contributed by atoms with Crippen molar-refractivity contribution in [3.8, 4) is 22.4 Å². The van der Waals surface area contributed by atoms with Gasteiger partial charge in [-0.25, -0.2) is 4.39 Å². The molecule has 2 N–H and O–H groups in total. The molecule has 7 nitrogen and oxygen atoms in total. The Labute approximate surface area is 180 Å². The molecule has 0 unspecified atom stereocenters. The molecule has 2 amide bonds. The minimum Gasteiger partial charge on any atom is -0.443 e. The first-order valence-electron chi connectivity index (χ1n) is 9.11. The minimum atomic E-state index is -0.667. The summed E-state index contributed by atoms with van der Waals surface area (Å²) < 4.78 is 20.3. The van der Waals surface area contributed by atoms with Crippen LogP contribution in [0.25, 0.3) is 16.3 Å². The van der Waals surface area contributed by atoms with Crippen molar-refractivity contribution < 1.29 is 18.4 Å². The highest BCUT2D eigenvalue weighted by Crippen LogP contribution is 2.28. The summed E-state index contributed by atoms with van der Waals surface area (Å²) in [5.41, 5.74) is 5.56. The van der Waals surface area contributed by atoms with Crippen LogP contribution in [-0.4, -0.2) is 16.4 Å². The fraction of sp³-hybridized carbons (Fsp3) is 0.0455. The molecule has 0 saturated carbocycles. The number of nitriles is 1. The summed E-state index contributed by atoms with van der Waals surface area (Å²) in [5, 5.41) is 9.53. The SMILES string of the molecule is Cc1oc(-n2cccc2)c(C#N)c1C(=O)NNC(=O)c1ccc(-c2ccc(F)cc2)s1. The van der Waals surface area contributed by atoms with Gasteiger partial charge in [0.1, 0.15) is 28.8 Å². The predicted molar refractivity (Wildman–Crippen MR) is 112 cm³/mol. The number of amides is 2. The molecule has 3 aromatic heterocycles. The Bertz CT molecular complexity index is 1300. The largest absolute Gasteiger partial charge is 0.443 e. The average molecular weight is 434 g/mol. The van der Waals surface area contributed by atoms with Crippen molar-refractivity contribution in [3.05, 3.63) is 88.5 Å². The molecule has 0 aliphatic rings. The number of carbonyl (C=O) groups excluding carboxylic acids is 2. The molecule has 3 heterocycles. The Kier molecular flexibility index (Phi) is 5.39. The summed E-state index contributed by atoms with van der Waals surface area (Å²) in [6.07, 6.45) is 3.39. The van der Waals surface area contributed by atoms with Gasteiger partial charge in [-0.3, -0.25) is 25.0 Å². The van der Waals surface area contributed by atoms with E-state index in [4.69, 9.17) is 4.42 Å². The fourth-order valence-corrected chi connectivity index (χ4v) is 3.93. The second kappa shape index (κ2) is 8.30. The molecule has 0 bridgehead atoms. The van der Waals surface area contributed by atoms with E-state index in [-0.39, 0.29) is 28.6 Å². The van der Waals surface area contributed by atoms with E-state index in [9.17, 15) is 19.2 Å². The van der Waals surface area contributed by atoms with E-state index in [0.29, 0.717) is 4.88 Å². The highest BCUT2D eigenvalue weighted by atomic mass is 32.1. The normalized spacial score (nSPS) is 10.5. The Morgan fingerprint density at radius 1 is 1.06 bits per heavy atom. The van der Waals surface area contributed by atoms with Gasteiger partial charge >= 0.3 is 0 Å². The summed E-state index contributed by atoms with van der Waals surface area (Å²) >= 11 is 1.20. The Balaban J connectivity index is 1.48. The molecule has 1 aromatic carbocycles. The van der Waals surface area contributed by atoms with Gasteiger partial charge in [0.05, 0.1) is 4.88 Å². The van der Waals surface area contributed by atoms with Crippen LogP contribution in [0, 0.1) is 24.1 Å². The second-order valence-corrected chi connectivity index (χ2v) is 7.58. The molecule has 0 atom stereocenters. The third kappa shape index (κ3) is 3.97. The van der Waals surface area contributed by atoms with Crippen LogP contribution >= 0.6 is 11.3 Å². The van der Waals surface area contributed by atoms with Crippen LogP contribution in [0.3, 0.4) is 0 Å². The molecule has 4 aromatic rings. The van der Waals surface area contributed by atoms with Crippen LogP contribution in [0.4, 0.5) is 4.39 Å². The number of carbonyl (C=O) groups is 2. The van der Waals surface area contributed by atoms with E-state index in [1.165, 1.54) is 23.5 Å². The Morgan fingerprint density at radius 2 is 1.74 bits per heavy atom. The third-order valence-electron chi connectivity index (χ3n) is 4.49. The van der Waals surface area contributed by atoms with E-state index in [1.807, 2.05) is 6.07 Å². The number of furan rings is 1. The first kappa shape index (κ1) is 20.1. The van der Waals surface area contributed by atoms with Crippen LogP contribution in [0.1, 0.15) is 31.4 Å². The topological polar surface area (TPSA) is 100 Å². The van der Waals surface area contributed by atoms with Gasteiger partial charge in [0.15, 0.2) is 0 Å². The number of aryl methyl sites for hydroxylation is 1. The highest BCUT2D eigenvalue weighted by Gasteiger charge is 2.25. The number of thiophene rings is 1. The quantitative estimate of drug-likeness (QED) is 0.470. The summed E-state index contributed by atoms with van der Waals surface area (Å²) in [7, 11) is 0. The maximum Gasteiger partial charge on any atom is 0.279 e. The Hall–Kier alpha value is -4.16. The predicted octanol–water partition coefficient (Wildman–Crippen LogP) is 4.19. The fourth-order valence-electron chi connectivity index (χ4n) is 3.03. The van der Waals surface area contributed by atoms with Crippen molar-refractivity contribution in [1.29, 1.82) is 5.26 Å². The molecule has 9 heteroatoms. The zero-order valence-corrected chi connectivity index (χ0v) is 17.0. The molecular weight excluding hydrogens is 419 g/mol. The molecule has 4 rings (SSSR count). The van der Waals surface area contributed by atoms with Gasteiger partial charge in [-0.15, -0.1) is 11.3 Å². The standard InChI is InChI=1S/C22H15FN4O3S/c1-13-19(16(12-24)22(30-13)27-10-2-3-11-27)21(29)26-25-20(28)18-9-8-17(31-18)14-4-6-15(23)7-5-14/h2-11H,1H3,(H,25,28)(H,26,29). The number of nitrogens with one attached hydrogen (secondary N) is 2. The smallest absolute Gasteiger partial charge is 0.279 e. The average Bonchev–Trinajstić information content (AvgIpc) is 3.51. The van der Waals surface area contributed by atoms with E-state index in [1.54, 1.807) is 60.3 Å². The minimum absolute atomic E-state index is 0.0460. The number of aromatic nitrogens is 1. The summed E-state index contributed by atoms with van der Waals surface area (Å²) in [6.45, 7) is 1.57. The second-order valence-electron chi connectivity index (χ2n) is 6.49. The number of hydrogen-bond donors (Lipinski definition) is 2. The summed E-state index contributed by atoms with van der Waals surface area (Å²) in [5.74, 6) is -1.05. The van der Waals surface area contributed by atoms with Crippen LogP contribution in [-0.2, 0) is 0 Å². The molecular formula is C22H15FN4O3S. The van der Waals surface area contributed by atoms with Gasteiger partial charge in [0.25, 0.3) is 11.8 Å². The van der Waals surface area contributed by atoms with E-state index < -0.39 is 11.8 Å². The van der Waals surface area contributed by atoms with Gasteiger partial charge in [0.2, 0.25) is 5.88 Å². The van der Waals surface area contributed by atoms with Gasteiger partial charge < -0.3 is 4.42 Å². The van der Waals surface area contributed by atoms with Gasteiger partial charge in [-0.1, -0.05) is 12.1 Å². The zero-order valence-electron chi connectivity index (χ0n) is 16.2. The number of hydrazine groups is 1. The monoisotopic (exact) mass is 434 g/mol.